The number of piperazine rings is 1. The zero-order chi connectivity index (χ0) is 23.1. The highest BCUT2D eigenvalue weighted by Crippen LogP contribution is 2.21. The van der Waals surface area contributed by atoms with Crippen molar-refractivity contribution < 1.29 is 14.3 Å². The molecule has 1 aliphatic rings. The molecule has 4 rings (SSSR count). The molecule has 10 heteroatoms. The summed E-state index contributed by atoms with van der Waals surface area (Å²) in [5.74, 6) is 1.83. The highest BCUT2D eigenvalue weighted by molar-refractivity contribution is 5.60. The van der Waals surface area contributed by atoms with E-state index in [9.17, 15) is 4.79 Å². The number of carbonyl (C=O) groups is 1. The van der Waals surface area contributed by atoms with Crippen LogP contribution in [0.5, 0.6) is 0 Å². The first-order chi connectivity index (χ1) is 15.3. The lowest BCUT2D eigenvalue weighted by atomic mass is 10.2. The summed E-state index contributed by atoms with van der Waals surface area (Å²) in [6.45, 7) is 11.5. The van der Waals surface area contributed by atoms with Crippen LogP contribution in [0.3, 0.4) is 0 Å². The van der Waals surface area contributed by atoms with Crippen molar-refractivity contribution in [1.29, 1.82) is 0 Å². The van der Waals surface area contributed by atoms with Crippen molar-refractivity contribution in [3.63, 3.8) is 0 Å². The first-order valence-electron chi connectivity index (χ1n) is 10.7. The van der Waals surface area contributed by atoms with Crippen LogP contribution in [0.15, 0.2) is 30.9 Å². The van der Waals surface area contributed by atoms with Gasteiger partial charge in [-0.2, -0.15) is 5.10 Å². The van der Waals surface area contributed by atoms with Gasteiger partial charge in [-0.25, -0.2) is 9.97 Å². The van der Waals surface area contributed by atoms with Crippen molar-refractivity contribution in [1.82, 2.24) is 29.0 Å². The molecule has 0 radical (unpaired) electrons. The zero-order valence-electron chi connectivity index (χ0n) is 19.6. The van der Waals surface area contributed by atoms with Gasteiger partial charge >= 0.3 is 0 Å². The van der Waals surface area contributed by atoms with Crippen molar-refractivity contribution in [3.05, 3.63) is 30.9 Å². The average Bonchev–Trinajstić information content (AvgIpc) is 3.39. The predicted molar refractivity (Wildman–Crippen MR) is 123 cm³/mol. The number of rotatable bonds is 6. The molecule has 0 atom stereocenters. The van der Waals surface area contributed by atoms with Gasteiger partial charge in [0.15, 0.2) is 0 Å². The molecule has 0 aromatic carbocycles. The average molecular weight is 444 g/mol. The molecule has 4 heterocycles. The molecular formula is C22H33N7O3. The summed E-state index contributed by atoms with van der Waals surface area (Å²) in [5, 5.41) is 4.35. The van der Waals surface area contributed by atoms with E-state index < -0.39 is 0 Å². The topological polar surface area (TPSA) is 90.0 Å². The number of carbonyl (C=O) groups excluding carboxylic acids is 1. The van der Waals surface area contributed by atoms with Crippen molar-refractivity contribution in [2.45, 2.75) is 32.9 Å². The Morgan fingerprint density at radius 1 is 1.16 bits per heavy atom. The lowest BCUT2D eigenvalue weighted by Gasteiger charge is -2.33. The number of methoxy groups -OCH3 is 1. The minimum Gasteiger partial charge on any atom is -0.462 e. The van der Waals surface area contributed by atoms with Crippen molar-refractivity contribution >= 4 is 18.1 Å². The fourth-order valence-electron chi connectivity index (χ4n) is 3.24. The van der Waals surface area contributed by atoms with Crippen LogP contribution in [0.25, 0.3) is 17.0 Å². The molecular weight excluding hydrogens is 410 g/mol. The fraction of sp³-hybridized carbons (Fsp3) is 0.545. The van der Waals surface area contributed by atoms with Gasteiger partial charge in [-0.05, 0) is 33.9 Å². The van der Waals surface area contributed by atoms with Gasteiger partial charge in [-0.1, -0.05) is 0 Å². The molecule has 0 saturated carbocycles. The van der Waals surface area contributed by atoms with Gasteiger partial charge in [0.2, 0.25) is 5.78 Å². The van der Waals surface area contributed by atoms with Crippen LogP contribution < -0.4 is 4.90 Å². The van der Waals surface area contributed by atoms with Gasteiger partial charge in [0.1, 0.15) is 11.4 Å². The van der Waals surface area contributed by atoms with Crippen LogP contribution in [-0.4, -0.2) is 88.1 Å². The van der Waals surface area contributed by atoms with Gasteiger partial charge < -0.3 is 19.3 Å². The minimum atomic E-state index is -0.318. The van der Waals surface area contributed by atoms with Crippen LogP contribution in [-0.2, 0) is 20.8 Å². The quantitative estimate of drug-likeness (QED) is 0.534. The zero-order valence-corrected chi connectivity index (χ0v) is 19.6. The number of likely N-dealkylation sites (N-methyl/N-ethyl adjacent to an activating group) is 1. The molecule has 0 amide bonds. The molecule has 3 aromatic rings. The lowest BCUT2D eigenvalue weighted by molar-refractivity contribution is -0.138. The summed E-state index contributed by atoms with van der Waals surface area (Å²) in [7, 11) is 3.85. The molecule has 0 unspecified atom stereocenters. The van der Waals surface area contributed by atoms with Crippen LogP contribution >= 0.6 is 0 Å². The molecule has 0 bridgehead atoms. The van der Waals surface area contributed by atoms with Crippen LogP contribution in [0.1, 0.15) is 20.8 Å². The monoisotopic (exact) mass is 443 g/mol. The van der Waals surface area contributed by atoms with Gasteiger partial charge in [0.05, 0.1) is 31.2 Å². The Hall–Kier alpha value is -2.98. The Morgan fingerprint density at radius 2 is 1.91 bits per heavy atom. The van der Waals surface area contributed by atoms with E-state index in [-0.39, 0.29) is 5.60 Å². The number of nitrogens with zero attached hydrogens (tertiary/aromatic N) is 7. The van der Waals surface area contributed by atoms with Gasteiger partial charge in [0, 0.05) is 51.2 Å². The summed E-state index contributed by atoms with van der Waals surface area (Å²) >= 11 is 0. The van der Waals surface area contributed by atoms with E-state index in [1.54, 1.807) is 7.11 Å². The molecule has 1 fully saturated rings. The van der Waals surface area contributed by atoms with E-state index in [2.05, 4.69) is 36.1 Å². The third kappa shape index (κ3) is 6.27. The number of hydrogen-bond donors (Lipinski definition) is 0. The van der Waals surface area contributed by atoms with E-state index in [0.717, 1.165) is 55.6 Å². The standard InChI is InChI=1S/C17H23N7O.C5H10O2/c1-21-5-7-22(8-6-21)16-12-18-17-20-15(3-4-24(16)17)14-11-19-23(13-14)9-10-25-2;1-5(2,3)7-4-6/h3-4,11-13H,5-10H2,1-2H3;4H,1-3H3. The second kappa shape index (κ2) is 10.6. The van der Waals surface area contributed by atoms with Gasteiger partial charge in [-0.15, -0.1) is 0 Å². The number of anilines is 1. The summed E-state index contributed by atoms with van der Waals surface area (Å²) in [6.07, 6.45) is 7.78. The number of ether oxygens (including phenoxy) is 2. The Labute approximate surface area is 188 Å². The molecule has 1 aliphatic heterocycles. The Bertz CT molecular complexity index is 1000. The number of fused-ring (bicyclic) bond motifs is 1. The van der Waals surface area contributed by atoms with Crippen molar-refractivity contribution in [3.8, 4) is 11.3 Å². The minimum absolute atomic E-state index is 0.318. The summed E-state index contributed by atoms with van der Waals surface area (Å²) in [5.41, 5.74) is 1.55. The molecule has 32 heavy (non-hydrogen) atoms. The van der Waals surface area contributed by atoms with Crippen LogP contribution in [0.2, 0.25) is 0 Å². The van der Waals surface area contributed by atoms with E-state index in [4.69, 9.17) is 9.72 Å². The number of imidazole rings is 1. The summed E-state index contributed by atoms with van der Waals surface area (Å²) in [4.78, 5) is 23.5. The predicted octanol–water partition coefficient (Wildman–Crippen LogP) is 1.95. The maximum atomic E-state index is 9.60. The number of hydrogen-bond acceptors (Lipinski definition) is 8. The molecule has 174 valence electrons. The third-order valence-electron chi connectivity index (χ3n) is 5.04. The van der Waals surface area contributed by atoms with E-state index in [1.807, 2.05) is 56.3 Å². The normalized spacial score (nSPS) is 14.8. The molecule has 0 aliphatic carbocycles. The summed E-state index contributed by atoms with van der Waals surface area (Å²) < 4.78 is 13.6. The molecule has 0 spiro atoms. The van der Waals surface area contributed by atoms with E-state index in [0.29, 0.717) is 13.1 Å². The first-order valence-corrected chi connectivity index (χ1v) is 10.7. The maximum absolute atomic E-state index is 9.60. The van der Waals surface area contributed by atoms with Crippen molar-refractivity contribution in [2.75, 3.05) is 51.8 Å². The van der Waals surface area contributed by atoms with Crippen molar-refractivity contribution in [2.24, 2.45) is 0 Å². The fourth-order valence-corrected chi connectivity index (χ4v) is 3.24. The summed E-state index contributed by atoms with van der Waals surface area (Å²) in [6, 6.07) is 2.02. The van der Waals surface area contributed by atoms with Crippen LogP contribution in [0, 0.1) is 0 Å². The first kappa shape index (κ1) is 23.7. The van der Waals surface area contributed by atoms with Crippen LogP contribution in [0.4, 0.5) is 5.82 Å². The van der Waals surface area contributed by atoms with Gasteiger partial charge in [-0.3, -0.25) is 13.9 Å². The molecule has 1 saturated heterocycles. The van der Waals surface area contributed by atoms with Gasteiger partial charge in [0.25, 0.3) is 6.47 Å². The smallest absolute Gasteiger partial charge is 0.293 e. The molecule has 10 nitrogen and oxygen atoms in total. The second-order valence-electron chi connectivity index (χ2n) is 8.70. The maximum Gasteiger partial charge on any atom is 0.293 e. The Morgan fingerprint density at radius 3 is 2.53 bits per heavy atom. The van der Waals surface area contributed by atoms with E-state index in [1.165, 1.54) is 0 Å². The third-order valence-corrected chi connectivity index (χ3v) is 5.04. The molecule has 0 N–H and O–H groups in total. The SMILES string of the molecule is CC(C)(C)OC=O.COCCn1cc(-c2ccn3c(N4CCN(C)CC4)cnc3n2)cn1. The Balaban J connectivity index is 0.000000360. The largest absolute Gasteiger partial charge is 0.462 e. The highest BCUT2D eigenvalue weighted by atomic mass is 16.5. The lowest BCUT2D eigenvalue weighted by Crippen LogP contribution is -2.44. The second-order valence-corrected chi connectivity index (χ2v) is 8.70. The highest BCUT2D eigenvalue weighted by Gasteiger charge is 2.18. The van der Waals surface area contributed by atoms with E-state index >= 15 is 0 Å². The number of aromatic nitrogens is 5. The molecule has 3 aromatic heterocycles. The Kier molecular flexibility index (Phi) is 7.81.